The molecule has 0 radical (unpaired) electrons. The Labute approximate surface area is 132 Å². The van der Waals surface area contributed by atoms with Gasteiger partial charge in [0.1, 0.15) is 13.2 Å². The van der Waals surface area contributed by atoms with Gasteiger partial charge in [0.05, 0.1) is 17.1 Å². The number of carbonyl (C=O) groups is 1. The molecule has 0 amide bonds. The number of rotatable bonds is 4. The van der Waals surface area contributed by atoms with Crippen molar-refractivity contribution in [3.8, 4) is 0 Å². The van der Waals surface area contributed by atoms with Gasteiger partial charge in [-0.05, 0) is 26.0 Å². The zero-order chi connectivity index (χ0) is 15.6. The van der Waals surface area contributed by atoms with E-state index < -0.39 is 5.97 Å². The first-order chi connectivity index (χ1) is 9.90. The van der Waals surface area contributed by atoms with Crippen molar-refractivity contribution in [2.75, 3.05) is 5.73 Å². The summed E-state index contributed by atoms with van der Waals surface area (Å²) in [7, 11) is 0. The van der Waals surface area contributed by atoms with Gasteiger partial charge in [0, 0.05) is 15.6 Å². The number of anilines is 1. The lowest BCUT2D eigenvalue weighted by atomic mass is 10.2. The minimum absolute atomic E-state index is 0.00799. The minimum atomic E-state index is -0.434. The quantitative estimate of drug-likeness (QED) is 0.876. The van der Waals surface area contributed by atoms with Gasteiger partial charge in [0.25, 0.3) is 0 Å². The number of nitrogen functional groups attached to an aromatic ring is 1. The van der Waals surface area contributed by atoms with E-state index in [0.29, 0.717) is 27.0 Å². The lowest BCUT2D eigenvalue weighted by Crippen LogP contribution is -2.16. The van der Waals surface area contributed by atoms with Crippen molar-refractivity contribution >= 4 is 34.9 Å². The Kier molecular flexibility index (Phi) is 4.75. The Morgan fingerprint density at radius 1 is 1.33 bits per heavy atom. The summed E-state index contributed by atoms with van der Waals surface area (Å²) in [5, 5.41) is 5.11. The Morgan fingerprint density at radius 3 is 2.48 bits per heavy atom. The zero-order valence-electron chi connectivity index (χ0n) is 11.7. The molecule has 1 aromatic carbocycles. The van der Waals surface area contributed by atoms with Crippen LogP contribution in [0.15, 0.2) is 18.2 Å². The van der Waals surface area contributed by atoms with Gasteiger partial charge in [-0.25, -0.2) is 0 Å². The number of esters is 1. The summed E-state index contributed by atoms with van der Waals surface area (Å²) in [4.78, 5) is 11.9. The Bertz CT molecular complexity index is 663. The summed E-state index contributed by atoms with van der Waals surface area (Å²) in [5.41, 5.74) is 8.40. The molecule has 21 heavy (non-hydrogen) atoms. The maximum atomic E-state index is 11.9. The topological polar surface area (TPSA) is 70.1 Å². The molecule has 2 aromatic rings. The van der Waals surface area contributed by atoms with Crippen LogP contribution in [0.5, 0.6) is 0 Å². The molecular formula is C14H15Cl2N3O2. The van der Waals surface area contributed by atoms with Crippen molar-refractivity contribution in [2.24, 2.45) is 0 Å². The molecule has 0 aliphatic heterocycles. The van der Waals surface area contributed by atoms with E-state index in [0.717, 1.165) is 5.69 Å². The number of aryl methyl sites for hydroxylation is 1. The third-order valence-electron chi connectivity index (χ3n) is 3.16. The van der Waals surface area contributed by atoms with Crippen molar-refractivity contribution < 1.29 is 9.53 Å². The third-order valence-corrected chi connectivity index (χ3v) is 3.86. The molecule has 0 spiro atoms. The maximum absolute atomic E-state index is 11.9. The number of benzene rings is 1. The molecule has 0 unspecified atom stereocenters. The molecule has 7 heteroatoms. The predicted molar refractivity (Wildman–Crippen MR) is 82.4 cm³/mol. The molecule has 0 atom stereocenters. The van der Waals surface area contributed by atoms with Gasteiger partial charge in [-0.1, -0.05) is 29.3 Å². The van der Waals surface area contributed by atoms with Crippen LogP contribution in [0.2, 0.25) is 10.0 Å². The number of aromatic nitrogens is 2. The van der Waals surface area contributed by atoms with E-state index in [2.05, 4.69) is 5.10 Å². The van der Waals surface area contributed by atoms with E-state index in [1.807, 2.05) is 0 Å². The molecule has 0 fully saturated rings. The van der Waals surface area contributed by atoms with Crippen LogP contribution in [0.4, 0.5) is 5.69 Å². The molecule has 5 nitrogen and oxygen atoms in total. The molecule has 112 valence electrons. The monoisotopic (exact) mass is 327 g/mol. The van der Waals surface area contributed by atoms with Crippen LogP contribution in [0.25, 0.3) is 0 Å². The summed E-state index contributed by atoms with van der Waals surface area (Å²) >= 11 is 12.0. The normalized spacial score (nSPS) is 10.7. The number of ether oxygens (including phenoxy) is 1. The van der Waals surface area contributed by atoms with Crippen molar-refractivity contribution in [1.82, 2.24) is 9.78 Å². The Balaban J connectivity index is 2.01. The number of carbonyl (C=O) groups excluding carboxylic acids is 1. The number of nitrogens with zero attached hydrogens (tertiary/aromatic N) is 2. The minimum Gasteiger partial charge on any atom is -0.459 e. The fourth-order valence-electron chi connectivity index (χ4n) is 1.86. The molecule has 2 rings (SSSR count). The zero-order valence-corrected chi connectivity index (χ0v) is 13.2. The van der Waals surface area contributed by atoms with Crippen molar-refractivity contribution in [2.45, 2.75) is 27.0 Å². The molecule has 0 aliphatic carbocycles. The van der Waals surface area contributed by atoms with Gasteiger partial charge >= 0.3 is 5.97 Å². The highest BCUT2D eigenvalue weighted by Gasteiger charge is 2.13. The van der Waals surface area contributed by atoms with Crippen LogP contribution in [0, 0.1) is 13.8 Å². The largest absolute Gasteiger partial charge is 0.459 e. The van der Waals surface area contributed by atoms with E-state index in [1.54, 1.807) is 32.0 Å². The second-order valence-electron chi connectivity index (χ2n) is 4.60. The lowest BCUT2D eigenvalue weighted by Gasteiger charge is -2.09. The first-order valence-electron chi connectivity index (χ1n) is 6.28. The van der Waals surface area contributed by atoms with Crippen molar-refractivity contribution in [1.29, 1.82) is 0 Å². The van der Waals surface area contributed by atoms with Crippen LogP contribution in [-0.2, 0) is 22.7 Å². The first-order valence-corrected chi connectivity index (χ1v) is 7.03. The fourth-order valence-corrected chi connectivity index (χ4v) is 2.36. The summed E-state index contributed by atoms with van der Waals surface area (Å²) in [6.07, 6.45) is 0. The van der Waals surface area contributed by atoms with Gasteiger partial charge in [-0.3, -0.25) is 9.48 Å². The van der Waals surface area contributed by atoms with E-state index >= 15 is 0 Å². The highest BCUT2D eigenvalue weighted by Crippen LogP contribution is 2.25. The molecule has 2 N–H and O–H groups in total. The smallest absolute Gasteiger partial charge is 0.328 e. The van der Waals surface area contributed by atoms with Crippen molar-refractivity contribution in [3.63, 3.8) is 0 Å². The highest BCUT2D eigenvalue weighted by molar-refractivity contribution is 6.35. The molecule has 0 bridgehead atoms. The summed E-state index contributed by atoms with van der Waals surface area (Å²) in [6, 6.07) is 5.12. The molecule has 0 aliphatic rings. The highest BCUT2D eigenvalue weighted by atomic mass is 35.5. The number of hydrogen-bond donors (Lipinski definition) is 1. The fraction of sp³-hybridized carbons (Fsp3) is 0.286. The van der Waals surface area contributed by atoms with Crippen LogP contribution in [-0.4, -0.2) is 15.7 Å². The van der Waals surface area contributed by atoms with Gasteiger partial charge < -0.3 is 10.5 Å². The Morgan fingerprint density at radius 2 is 1.95 bits per heavy atom. The number of hydrogen-bond acceptors (Lipinski definition) is 4. The predicted octanol–water partition coefficient (Wildman–Crippen LogP) is 3.13. The summed E-state index contributed by atoms with van der Waals surface area (Å²) in [5.74, 6) is -0.434. The van der Waals surface area contributed by atoms with Gasteiger partial charge in [-0.2, -0.15) is 5.10 Å². The Hall–Kier alpha value is -1.72. The van der Waals surface area contributed by atoms with Gasteiger partial charge in [-0.15, -0.1) is 0 Å². The van der Waals surface area contributed by atoms with Crippen LogP contribution < -0.4 is 5.73 Å². The first kappa shape index (κ1) is 15.7. The summed E-state index contributed by atoms with van der Waals surface area (Å²) < 4.78 is 6.70. The van der Waals surface area contributed by atoms with Gasteiger partial charge in [0.15, 0.2) is 0 Å². The molecule has 0 saturated heterocycles. The van der Waals surface area contributed by atoms with E-state index in [9.17, 15) is 4.79 Å². The standard InChI is InChI=1S/C14H15Cl2N3O2/c1-8-14(17)9(2)19(18-8)6-13(20)21-7-10-11(15)4-3-5-12(10)16/h3-5H,6-7,17H2,1-2H3. The van der Waals surface area contributed by atoms with Crippen molar-refractivity contribution in [3.05, 3.63) is 45.2 Å². The van der Waals surface area contributed by atoms with Crippen LogP contribution in [0.3, 0.4) is 0 Å². The molecule has 1 heterocycles. The lowest BCUT2D eigenvalue weighted by molar-refractivity contribution is -0.145. The molecular weight excluding hydrogens is 313 g/mol. The number of nitrogens with two attached hydrogens (primary N) is 1. The second-order valence-corrected chi connectivity index (χ2v) is 5.42. The number of halogens is 2. The van der Waals surface area contributed by atoms with E-state index in [1.165, 1.54) is 4.68 Å². The second kappa shape index (κ2) is 6.37. The molecule has 1 aromatic heterocycles. The molecule has 0 saturated carbocycles. The van der Waals surface area contributed by atoms with Crippen LogP contribution in [0.1, 0.15) is 17.0 Å². The SMILES string of the molecule is Cc1nn(CC(=O)OCc2c(Cl)cccc2Cl)c(C)c1N. The van der Waals surface area contributed by atoms with Gasteiger partial charge in [0.2, 0.25) is 0 Å². The maximum Gasteiger partial charge on any atom is 0.328 e. The summed E-state index contributed by atoms with van der Waals surface area (Å²) in [6.45, 7) is 3.60. The average molecular weight is 328 g/mol. The van der Waals surface area contributed by atoms with E-state index in [4.69, 9.17) is 33.7 Å². The van der Waals surface area contributed by atoms with E-state index in [-0.39, 0.29) is 13.2 Å². The van der Waals surface area contributed by atoms with Crippen LogP contribution >= 0.6 is 23.2 Å². The average Bonchev–Trinajstić information content (AvgIpc) is 2.66. The third kappa shape index (κ3) is 3.49.